The fourth-order valence-electron chi connectivity index (χ4n) is 3.72. The van der Waals surface area contributed by atoms with E-state index in [9.17, 15) is 13.6 Å². The third kappa shape index (κ3) is 6.06. The first kappa shape index (κ1) is 21.4. The Hall–Kier alpha value is -2.88. The lowest BCUT2D eigenvalue weighted by molar-refractivity contribution is -0.117. The molecule has 4 rings (SSSR count). The molecule has 1 aliphatic heterocycles. The molecule has 1 amide bonds. The number of carbonyl (C=O) groups is 1. The molecular weight excluding hydrogens is 404 g/mol. The Morgan fingerprint density at radius 1 is 1.26 bits per heavy atom. The number of amides is 1. The summed E-state index contributed by atoms with van der Waals surface area (Å²) in [6.45, 7) is 1.25. The maximum absolute atomic E-state index is 13.6. The third-order valence-electron chi connectivity index (χ3n) is 5.44. The zero-order valence-corrected chi connectivity index (χ0v) is 17.3. The number of carbonyl (C=O) groups excluding carboxylic acids is 1. The first-order chi connectivity index (χ1) is 14.9. The molecule has 1 aliphatic carbocycles. The molecule has 0 spiro atoms. The van der Waals surface area contributed by atoms with Crippen LogP contribution < -0.4 is 16.4 Å². The predicted molar refractivity (Wildman–Crippen MR) is 113 cm³/mol. The van der Waals surface area contributed by atoms with Crippen molar-refractivity contribution in [3.63, 3.8) is 0 Å². The van der Waals surface area contributed by atoms with Crippen molar-refractivity contribution in [2.75, 3.05) is 30.3 Å². The minimum Gasteiger partial charge on any atom is -0.370 e. The van der Waals surface area contributed by atoms with Crippen LogP contribution in [0.2, 0.25) is 0 Å². The normalized spacial score (nSPS) is 18.5. The SMILES string of the molecule is NC(=O)CCNc1nc(Nc2ccc(CN3CCCC(F)(F)C3)nc2)ncc1C1CC1. The summed E-state index contributed by atoms with van der Waals surface area (Å²) in [5.41, 5.74) is 7.70. The average Bonchev–Trinajstić information content (AvgIpc) is 3.54. The Balaban J connectivity index is 1.38. The molecule has 31 heavy (non-hydrogen) atoms. The van der Waals surface area contributed by atoms with Crippen LogP contribution >= 0.6 is 0 Å². The number of hydrogen-bond acceptors (Lipinski definition) is 7. The Morgan fingerprint density at radius 3 is 2.77 bits per heavy atom. The van der Waals surface area contributed by atoms with Crippen LogP contribution in [-0.4, -0.2) is 51.3 Å². The molecule has 0 unspecified atom stereocenters. The van der Waals surface area contributed by atoms with Gasteiger partial charge in [0.25, 0.3) is 5.92 Å². The van der Waals surface area contributed by atoms with Crippen LogP contribution in [0.3, 0.4) is 0 Å². The van der Waals surface area contributed by atoms with Crippen LogP contribution in [0.15, 0.2) is 24.5 Å². The van der Waals surface area contributed by atoms with E-state index in [0.29, 0.717) is 49.4 Å². The summed E-state index contributed by atoms with van der Waals surface area (Å²) in [5, 5.41) is 6.30. The van der Waals surface area contributed by atoms with Crippen molar-refractivity contribution in [2.45, 2.75) is 50.5 Å². The summed E-state index contributed by atoms with van der Waals surface area (Å²) in [6.07, 6.45) is 6.35. The number of likely N-dealkylation sites (tertiary alicyclic amines) is 1. The van der Waals surface area contributed by atoms with Crippen molar-refractivity contribution >= 4 is 23.4 Å². The molecule has 0 bridgehead atoms. The second-order valence-corrected chi connectivity index (χ2v) is 8.25. The molecule has 0 atom stereocenters. The van der Waals surface area contributed by atoms with Gasteiger partial charge in [0.05, 0.1) is 24.1 Å². The van der Waals surface area contributed by atoms with Crippen LogP contribution in [0.5, 0.6) is 0 Å². The minimum absolute atomic E-state index is 0.0430. The van der Waals surface area contributed by atoms with E-state index in [-0.39, 0.29) is 25.3 Å². The molecule has 3 heterocycles. The highest BCUT2D eigenvalue weighted by atomic mass is 19.3. The highest BCUT2D eigenvalue weighted by Crippen LogP contribution is 2.42. The number of alkyl halides is 2. The second-order valence-electron chi connectivity index (χ2n) is 8.25. The molecular formula is C21H27F2N7O. The fourth-order valence-corrected chi connectivity index (χ4v) is 3.72. The molecule has 0 radical (unpaired) electrons. The van der Waals surface area contributed by atoms with E-state index in [1.807, 2.05) is 12.1 Å². The predicted octanol–water partition coefficient (Wildman–Crippen LogP) is 3.01. The summed E-state index contributed by atoms with van der Waals surface area (Å²) in [7, 11) is 0. The molecule has 2 aromatic heterocycles. The van der Waals surface area contributed by atoms with Crippen LogP contribution in [0.4, 0.5) is 26.2 Å². The van der Waals surface area contributed by atoms with E-state index in [1.165, 1.54) is 0 Å². The second kappa shape index (κ2) is 9.09. The minimum atomic E-state index is -2.62. The molecule has 1 saturated carbocycles. The highest BCUT2D eigenvalue weighted by Gasteiger charge is 2.35. The Labute approximate surface area is 179 Å². The van der Waals surface area contributed by atoms with Gasteiger partial charge < -0.3 is 16.4 Å². The third-order valence-corrected chi connectivity index (χ3v) is 5.44. The Kier molecular flexibility index (Phi) is 6.26. The Bertz CT molecular complexity index is 918. The van der Waals surface area contributed by atoms with Gasteiger partial charge in [-0.1, -0.05) is 0 Å². The maximum atomic E-state index is 13.6. The van der Waals surface area contributed by atoms with Gasteiger partial charge in [-0.3, -0.25) is 14.7 Å². The van der Waals surface area contributed by atoms with Gasteiger partial charge in [0, 0.05) is 37.7 Å². The van der Waals surface area contributed by atoms with Crippen LogP contribution in [0.25, 0.3) is 0 Å². The topological polar surface area (TPSA) is 109 Å². The van der Waals surface area contributed by atoms with Gasteiger partial charge >= 0.3 is 0 Å². The zero-order valence-electron chi connectivity index (χ0n) is 17.3. The number of rotatable bonds is 9. The van der Waals surface area contributed by atoms with Gasteiger partial charge in [0.2, 0.25) is 11.9 Å². The van der Waals surface area contributed by atoms with Gasteiger partial charge in [0.15, 0.2) is 0 Å². The summed E-state index contributed by atoms with van der Waals surface area (Å²) in [5.74, 6) is -1.42. The number of hydrogen-bond donors (Lipinski definition) is 3. The molecule has 2 aliphatic rings. The van der Waals surface area contributed by atoms with Crippen LogP contribution in [0, 0.1) is 0 Å². The lowest BCUT2D eigenvalue weighted by Gasteiger charge is -2.32. The lowest BCUT2D eigenvalue weighted by Crippen LogP contribution is -2.42. The number of nitrogens with zero attached hydrogens (tertiary/aromatic N) is 4. The first-order valence-electron chi connectivity index (χ1n) is 10.6. The quantitative estimate of drug-likeness (QED) is 0.560. The molecule has 0 aromatic carbocycles. The highest BCUT2D eigenvalue weighted by molar-refractivity contribution is 5.74. The zero-order chi connectivity index (χ0) is 21.8. The lowest BCUT2D eigenvalue weighted by atomic mass is 10.1. The molecule has 2 fully saturated rings. The van der Waals surface area contributed by atoms with Crippen molar-refractivity contribution in [3.8, 4) is 0 Å². The first-order valence-corrected chi connectivity index (χ1v) is 10.6. The largest absolute Gasteiger partial charge is 0.370 e. The Morgan fingerprint density at radius 2 is 2.10 bits per heavy atom. The summed E-state index contributed by atoms with van der Waals surface area (Å²) in [4.78, 5) is 26.1. The van der Waals surface area contributed by atoms with E-state index in [0.717, 1.165) is 24.1 Å². The van der Waals surface area contributed by atoms with Crippen molar-refractivity contribution in [2.24, 2.45) is 5.73 Å². The molecule has 4 N–H and O–H groups in total. The monoisotopic (exact) mass is 431 g/mol. The van der Waals surface area contributed by atoms with Crippen LogP contribution in [-0.2, 0) is 11.3 Å². The van der Waals surface area contributed by atoms with Gasteiger partial charge in [-0.15, -0.1) is 0 Å². The van der Waals surface area contributed by atoms with E-state index < -0.39 is 5.92 Å². The number of aromatic nitrogens is 3. The number of primary amides is 1. The number of nitrogens with one attached hydrogen (secondary N) is 2. The van der Waals surface area contributed by atoms with E-state index in [2.05, 4.69) is 25.6 Å². The van der Waals surface area contributed by atoms with Crippen molar-refractivity contribution in [3.05, 3.63) is 35.8 Å². The van der Waals surface area contributed by atoms with Crippen molar-refractivity contribution in [1.29, 1.82) is 0 Å². The number of nitrogens with two attached hydrogens (primary N) is 1. The number of piperidine rings is 1. The number of anilines is 3. The molecule has 2 aromatic rings. The summed E-state index contributed by atoms with van der Waals surface area (Å²) in [6, 6.07) is 3.66. The average molecular weight is 431 g/mol. The molecule has 10 heteroatoms. The van der Waals surface area contributed by atoms with Gasteiger partial charge in [-0.05, 0) is 43.9 Å². The van der Waals surface area contributed by atoms with E-state index in [1.54, 1.807) is 17.3 Å². The fraction of sp³-hybridized carbons (Fsp3) is 0.524. The summed E-state index contributed by atoms with van der Waals surface area (Å²) < 4.78 is 27.2. The smallest absolute Gasteiger partial charge is 0.260 e. The number of halogens is 2. The maximum Gasteiger partial charge on any atom is 0.260 e. The van der Waals surface area contributed by atoms with E-state index >= 15 is 0 Å². The van der Waals surface area contributed by atoms with Crippen molar-refractivity contribution in [1.82, 2.24) is 19.9 Å². The van der Waals surface area contributed by atoms with Crippen LogP contribution in [0.1, 0.15) is 49.3 Å². The molecule has 166 valence electrons. The molecule has 1 saturated heterocycles. The van der Waals surface area contributed by atoms with Gasteiger partial charge in [-0.25, -0.2) is 13.8 Å². The standard InChI is InChI=1S/C21H27F2N7O/c22-21(23)7-1-9-30(13-21)12-16-5-4-15(10-26-16)28-20-27-11-17(14-2-3-14)19(29-20)25-8-6-18(24)31/h4-5,10-11,14H,1-3,6-9,12-13H2,(H2,24,31)(H2,25,27,28,29). The summed E-state index contributed by atoms with van der Waals surface area (Å²) >= 11 is 0. The van der Waals surface area contributed by atoms with Gasteiger partial charge in [0.1, 0.15) is 5.82 Å². The van der Waals surface area contributed by atoms with Crippen molar-refractivity contribution < 1.29 is 13.6 Å². The van der Waals surface area contributed by atoms with Gasteiger partial charge in [-0.2, -0.15) is 4.98 Å². The molecule has 8 nitrogen and oxygen atoms in total. The number of pyridine rings is 1. The van der Waals surface area contributed by atoms with E-state index in [4.69, 9.17) is 5.73 Å².